The summed E-state index contributed by atoms with van der Waals surface area (Å²) in [5.41, 5.74) is 3.94. The number of benzene rings is 3. The number of rotatable bonds is 12. The molecule has 0 atom stereocenters. The van der Waals surface area contributed by atoms with Gasteiger partial charge < -0.3 is 19.7 Å². The van der Waals surface area contributed by atoms with E-state index < -0.39 is 27.6 Å². The Balaban J connectivity index is 1.27. The highest BCUT2D eigenvalue weighted by Gasteiger charge is 2.24. The summed E-state index contributed by atoms with van der Waals surface area (Å²) in [4.78, 5) is 27.5. The molecule has 0 radical (unpaired) electrons. The summed E-state index contributed by atoms with van der Waals surface area (Å²) in [6.45, 7) is 2.90. The standard InChI is InChI=1S/C33H33Cl2FN4O7S/c1-21-27(34)6-3-8-31(21)47-12-4-9-32(41)40-11-13-46-20-26-24(5-2-7-30(26)40)23-17-38-39(18-23)19-25-28(35)15-22(16-29(25)36)33(42)37-10-14-48(43,44)45/h2-3,5-8,15-18H,4,9-14,19-20H2,1H3,(H,37,42)(H,43,44,45). The van der Waals surface area contributed by atoms with Crippen LogP contribution in [0.15, 0.2) is 60.9 Å². The minimum atomic E-state index is -4.26. The number of carbonyl (C=O) groups is 2. The minimum absolute atomic E-state index is 0.0174. The van der Waals surface area contributed by atoms with Crippen LogP contribution in [0.25, 0.3) is 11.1 Å². The number of hydrogen-bond acceptors (Lipinski definition) is 7. The van der Waals surface area contributed by atoms with Crippen LogP contribution in [-0.2, 0) is 32.8 Å². The summed E-state index contributed by atoms with van der Waals surface area (Å²) in [6.07, 6.45) is 4.15. The smallest absolute Gasteiger partial charge is 0.266 e. The van der Waals surface area contributed by atoms with E-state index in [9.17, 15) is 18.0 Å². The first-order valence-corrected chi connectivity index (χ1v) is 17.4. The van der Waals surface area contributed by atoms with Gasteiger partial charge in [0.25, 0.3) is 16.0 Å². The van der Waals surface area contributed by atoms with E-state index in [2.05, 4.69) is 10.4 Å². The predicted molar refractivity (Wildman–Crippen MR) is 180 cm³/mol. The van der Waals surface area contributed by atoms with Crippen LogP contribution < -0.4 is 15.0 Å². The van der Waals surface area contributed by atoms with Crippen LogP contribution in [0, 0.1) is 12.7 Å². The molecular weight excluding hydrogens is 686 g/mol. The van der Waals surface area contributed by atoms with Crippen LogP contribution in [0.4, 0.5) is 10.1 Å². The van der Waals surface area contributed by atoms with Gasteiger partial charge in [-0.25, -0.2) is 4.39 Å². The number of fused-ring (bicyclic) bond motifs is 1. The summed E-state index contributed by atoms with van der Waals surface area (Å²) < 4.78 is 58.9. The van der Waals surface area contributed by atoms with E-state index in [4.69, 9.17) is 37.2 Å². The van der Waals surface area contributed by atoms with Crippen LogP contribution in [0.3, 0.4) is 0 Å². The fourth-order valence-electron chi connectivity index (χ4n) is 5.28. The molecule has 1 aromatic heterocycles. The van der Waals surface area contributed by atoms with Gasteiger partial charge in [0.05, 0.1) is 38.3 Å². The first-order valence-electron chi connectivity index (χ1n) is 15.0. The normalized spacial score (nSPS) is 13.1. The van der Waals surface area contributed by atoms with Gasteiger partial charge in [0.2, 0.25) is 5.91 Å². The molecule has 1 aliphatic rings. The average Bonchev–Trinajstić information content (AvgIpc) is 3.39. The number of nitrogens with one attached hydrogen (secondary N) is 1. The van der Waals surface area contributed by atoms with E-state index in [0.29, 0.717) is 37.0 Å². The Kier molecular flexibility index (Phi) is 11.4. The predicted octanol–water partition coefficient (Wildman–Crippen LogP) is 5.69. The molecular formula is C33H33Cl2FN4O7S. The molecule has 48 heavy (non-hydrogen) atoms. The van der Waals surface area contributed by atoms with Gasteiger partial charge in [0.15, 0.2) is 0 Å². The van der Waals surface area contributed by atoms with E-state index >= 15 is 4.39 Å². The second-order valence-corrected chi connectivity index (χ2v) is 13.5. The lowest BCUT2D eigenvalue weighted by atomic mass is 10.0. The number of anilines is 1. The Morgan fingerprint density at radius 1 is 1.15 bits per heavy atom. The molecule has 3 aromatic carbocycles. The number of nitrogens with zero attached hydrogens (tertiary/aromatic N) is 3. The second kappa shape index (κ2) is 15.5. The van der Waals surface area contributed by atoms with Gasteiger partial charge in [-0.2, -0.15) is 13.5 Å². The molecule has 0 fully saturated rings. The third-order valence-corrected chi connectivity index (χ3v) is 9.24. The summed E-state index contributed by atoms with van der Waals surface area (Å²) in [6, 6.07) is 13.4. The van der Waals surface area contributed by atoms with Crippen LogP contribution in [0.1, 0.15) is 39.9 Å². The maximum Gasteiger partial charge on any atom is 0.266 e. The number of carbonyl (C=O) groups excluding carboxylic acids is 2. The minimum Gasteiger partial charge on any atom is -0.493 e. The Hall–Kier alpha value is -4.01. The van der Waals surface area contributed by atoms with Crippen molar-refractivity contribution in [1.29, 1.82) is 0 Å². The molecule has 0 aliphatic carbocycles. The molecule has 0 spiro atoms. The molecule has 2 N–H and O–H groups in total. The van der Waals surface area contributed by atoms with Gasteiger partial charge in [0.1, 0.15) is 11.6 Å². The highest BCUT2D eigenvalue weighted by Crippen LogP contribution is 2.34. The van der Waals surface area contributed by atoms with Gasteiger partial charge >= 0.3 is 0 Å². The Morgan fingerprint density at radius 2 is 1.94 bits per heavy atom. The number of ether oxygens (including phenoxy) is 2. The number of hydrogen-bond donors (Lipinski definition) is 2. The van der Waals surface area contributed by atoms with E-state index in [0.717, 1.165) is 34.0 Å². The molecule has 0 saturated carbocycles. The van der Waals surface area contributed by atoms with Gasteiger partial charge in [-0.15, -0.1) is 0 Å². The van der Waals surface area contributed by atoms with E-state index in [1.807, 2.05) is 37.3 Å². The quantitative estimate of drug-likeness (QED) is 0.141. The second-order valence-electron chi connectivity index (χ2n) is 11.1. The zero-order valence-electron chi connectivity index (χ0n) is 25.9. The zero-order chi connectivity index (χ0) is 34.4. The van der Waals surface area contributed by atoms with Crippen molar-refractivity contribution in [3.63, 3.8) is 0 Å². The van der Waals surface area contributed by atoms with Crippen molar-refractivity contribution in [2.24, 2.45) is 0 Å². The Bertz CT molecular complexity index is 1910. The van der Waals surface area contributed by atoms with E-state index in [-0.39, 0.29) is 48.2 Å². The number of halogens is 3. The molecule has 0 unspecified atom stereocenters. The van der Waals surface area contributed by atoms with Crippen molar-refractivity contribution in [3.05, 3.63) is 99.0 Å². The highest BCUT2D eigenvalue weighted by atomic mass is 35.5. The monoisotopic (exact) mass is 718 g/mol. The molecule has 0 saturated heterocycles. The Labute approximate surface area is 287 Å². The first kappa shape index (κ1) is 35.3. The first-order chi connectivity index (χ1) is 22.9. The lowest BCUT2D eigenvalue weighted by Crippen LogP contribution is -2.33. The third-order valence-electron chi connectivity index (χ3n) is 7.77. The maximum absolute atomic E-state index is 15.1. The van der Waals surface area contributed by atoms with Crippen molar-refractivity contribution in [1.82, 2.24) is 15.1 Å². The molecule has 0 bridgehead atoms. The van der Waals surface area contributed by atoms with E-state index in [1.165, 1.54) is 10.7 Å². The molecule has 254 valence electrons. The van der Waals surface area contributed by atoms with E-state index in [1.54, 1.807) is 23.4 Å². The fraction of sp³-hybridized carbons (Fsp3) is 0.303. The maximum atomic E-state index is 15.1. The van der Waals surface area contributed by atoms with Gasteiger partial charge in [-0.1, -0.05) is 41.4 Å². The van der Waals surface area contributed by atoms with Crippen molar-refractivity contribution < 1.29 is 36.4 Å². The van der Waals surface area contributed by atoms with Gasteiger partial charge in [-0.05, 0) is 49.2 Å². The number of amides is 2. The Morgan fingerprint density at radius 3 is 2.71 bits per heavy atom. The molecule has 2 heterocycles. The number of aromatic nitrogens is 2. The molecule has 2 amide bonds. The van der Waals surface area contributed by atoms with Crippen molar-refractivity contribution in [3.8, 4) is 16.9 Å². The van der Waals surface area contributed by atoms with Gasteiger partial charge in [0, 0.05) is 69.3 Å². The molecule has 4 aromatic rings. The zero-order valence-corrected chi connectivity index (χ0v) is 28.2. The van der Waals surface area contributed by atoms with Crippen LogP contribution >= 0.6 is 23.2 Å². The lowest BCUT2D eigenvalue weighted by Gasteiger charge is -2.23. The molecule has 15 heteroatoms. The van der Waals surface area contributed by atoms with Crippen LogP contribution in [-0.4, -0.2) is 66.6 Å². The average molecular weight is 720 g/mol. The van der Waals surface area contributed by atoms with Crippen LogP contribution in [0.2, 0.25) is 10.0 Å². The summed E-state index contributed by atoms with van der Waals surface area (Å²) in [5.74, 6) is -1.53. The molecule has 5 rings (SSSR count). The molecule has 1 aliphatic heterocycles. The highest BCUT2D eigenvalue weighted by molar-refractivity contribution is 7.85. The largest absolute Gasteiger partial charge is 0.493 e. The SMILES string of the molecule is Cc1c(Cl)cccc1OCCCC(=O)N1CCOCc2c(-c3cnn(Cc4c(F)cc(C(=O)NCCS(=O)(=O)O)cc4Cl)c3)cccc21. The summed E-state index contributed by atoms with van der Waals surface area (Å²) in [7, 11) is -4.26. The summed E-state index contributed by atoms with van der Waals surface area (Å²) >= 11 is 12.5. The van der Waals surface area contributed by atoms with Gasteiger partial charge in [-0.3, -0.25) is 18.8 Å². The van der Waals surface area contributed by atoms with Crippen LogP contribution in [0.5, 0.6) is 5.75 Å². The third kappa shape index (κ3) is 8.71. The molecule has 11 nitrogen and oxygen atoms in total. The fourth-order valence-corrected chi connectivity index (χ4v) is 6.07. The summed E-state index contributed by atoms with van der Waals surface area (Å²) in [5, 5.41) is 7.29. The topological polar surface area (TPSA) is 140 Å². The van der Waals surface area contributed by atoms with Crippen molar-refractivity contribution >= 4 is 50.8 Å². The lowest BCUT2D eigenvalue weighted by molar-refractivity contribution is -0.119. The van der Waals surface area contributed by atoms with Crippen molar-refractivity contribution in [2.75, 3.05) is 37.0 Å². The van der Waals surface area contributed by atoms with Crippen molar-refractivity contribution in [2.45, 2.75) is 32.9 Å².